The molecular formula is C21H25N3O3. The summed E-state index contributed by atoms with van der Waals surface area (Å²) in [6.07, 6.45) is 4.16. The van der Waals surface area contributed by atoms with E-state index in [0.29, 0.717) is 13.1 Å². The summed E-state index contributed by atoms with van der Waals surface area (Å²) < 4.78 is 5.22. The fraction of sp³-hybridized carbons (Fsp3) is 0.429. The molecule has 0 bridgehead atoms. The number of benzene rings is 1. The molecule has 4 rings (SSSR count). The molecule has 0 saturated carbocycles. The lowest BCUT2D eigenvalue weighted by Gasteiger charge is -2.32. The third-order valence-electron chi connectivity index (χ3n) is 5.50. The fourth-order valence-electron chi connectivity index (χ4n) is 3.98. The zero-order chi connectivity index (χ0) is 18.6. The zero-order valence-electron chi connectivity index (χ0n) is 15.4. The minimum absolute atomic E-state index is 0.00959. The van der Waals surface area contributed by atoms with Crippen molar-refractivity contribution < 1.29 is 14.0 Å². The van der Waals surface area contributed by atoms with Gasteiger partial charge in [0.1, 0.15) is 5.76 Å². The molecule has 3 heterocycles. The van der Waals surface area contributed by atoms with Gasteiger partial charge < -0.3 is 14.6 Å². The molecule has 142 valence electrons. The number of nitrogens with one attached hydrogen (secondary N) is 1. The Morgan fingerprint density at radius 2 is 1.89 bits per heavy atom. The Labute approximate surface area is 159 Å². The number of likely N-dealkylation sites (tertiary alicyclic amines) is 1. The van der Waals surface area contributed by atoms with Crippen molar-refractivity contribution in [2.24, 2.45) is 5.92 Å². The van der Waals surface area contributed by atoms with Gasteiger partial charge in [-0.2, -0.15) is 0 Å². The van der Waals surface area contributed by atoms with Crippen LogP contribution >= 0.6 is 0 Å². The molecule has 0 spiro atoms. The molecule has 1 aromatic heterocycles. The van der Waals surface area contributed by atoms with Crippen molar-refractivity contribution in [3.05, 3.63) is 54.0 Å². The Bertz CT molecular complexity index is 795. The van der Waals surface area contributed by atoms with Crippen LogP contribution in [0.25, 0.3) is 0 Å². The second-order valence-electron chi connectivity index (χ2n) is 7.28. The average Bonchev–Trinajstić information content (AvgIpc) is 3.36. The van der Waals surface area contributed by atoms with Gasteiger partial charge in [-0.15, -0.1) is 0 Å². The molecule has 2 aliphatic heterocycles. The number of anilines is 1. The SMILES string of the molecule is O=C(CN1CCC(C(=O)N2CCc3ccccc32)CC1)NCc1ccco1. The number of para-hydroxylation sites is 1. The van der Waals surface area contributed by atoms with Gasteiger partial charge in [0.25, 0.3) is 0 Å². The summed E-state index contributed by atoms with van der Waals surface area (Å²) in [4.78, 5) is 29.1. The lowest BCUT2D eigenvalue weighted by atomic mass is 9.95. The molecule has 2 aromatic rings. The number of furan rings is 1. The number of amides is 2. The number of fused-ring (bicyclic) bond motifs is 1. The number of carbonyl (C=O) groups excluding carboxylic acids is 2. The number of carbonyl (C=O) groups is 2. The van der Waals surface area contributed by atoms with Crippen LogP contribution in [0.3, 0.4) is 0 Å². The smallest absolute Gasteiger partial charge is 0.234 e. The molecular weight excluding hydrogens is 342 g/mol. The second kappa shape index (κ2) is 7.96. The van der Waals surface area contributed by atoms with Crippen LogP contribution in [-0.2, 0) is 22.6 Å². The van der Waals surface area contributed by atoms with Crippen LogP contribution in [0.2, 0.25) is 0 Å². The Morgan fingerprint density at radius 1 is 1.07 bits per heavy atom. The third kappa shape index (κ3) is 4.06. The Morgan fingerprint density at radius 3 is 2.67 bits per heavy atom. The van der Waals surface area contributed by atoms with Gasteiger partial charge in [-0.1, -0.05) is 18.2 Å². The summed E-state index contributed by atoms with van der Waals surface area (Å²) in [6.45, 7) is 3.12. The number of piperidine rings is 1. The molecule has 0 aliphatic carbocycles. The molecule has 0 unspecified atom stereocenters. The summed E-state index contributed by atoms with van der Waals surface area (Å²) in [7, 11) is 0. The second-order valence-corrected chi connectivity index (χ2v) is 7.28. The van der Waals surface area contributed by atoms with E-state index in [9.17, 15) is 9.59 Å². The van der Waals surface area contributed by atoms with Gasteiger partial charge in [-0.05, 0) is 56.1 Å². The molecule has 2 aliphatic rings. The predicted octanol–water partition coefficient (Wildman–Crippen LogP) is 2.20. The fourth-order valence-corrected chi connectivity index (χ4v) is 3.98. The maximum Gasteiger partial charge on any atom is 0.234 e. The molecule has 0 radical (unpaired) electrons. The average molecular weight is 367 g/mol. The van der Waals surface area contributed by atoms with E-state index in [-0.39, 0.29) is 17.7 Å². The van der Waals surface area contributed by atoms with Crippen molar-refractivity contribution in [3.63, 3.8) is 0 Å². The minimum atomic E-state index is -0.00959. The first kappa shape index (κ1) is 17.8. The van der Waals surface area contributed by atoms with Crippen LogP contribution in [0, 0.1) is 5.92 Å². The summed E-state index contributed by atoms with van der Waals surface area (Å²) >= 11 is 0. The van der Waals surface area contributed by atoms with E-state index in [0.717, 1.165) is 50.3 Å². The molecule has 1 aromatic carbocycles. The van der Waals surface area contributed by atoms with Crippen LogP contribution in [0.1, 0.15) is 24.2 Å². The van der Waals surface area contributed by atoms with Crippen LogP contribution in [0.15, 0.2) is 47.1 Å². The molecule has 27 heavy (non-hydrogen) atoms. The van der Waals surface area contributed by atoms with E-state index >= 15 is 0 Å². The first-order chi connectivity index (χ1) is 13.2. The van der Waals surface area contributed by atoms with Crippen molar-refractivity contribution in [2.75, 3.05) is 31.1 Å². The molecule has 6 heteroatoms. The van der Waals surface area contributed by atoms with E-state index in [4.69, 9.17) is 4.42 Å². The van der Waals surface area contributed by atoms with E-state index in [1.54, 1.807) is 6.26 Å². The number of nitrogens with zero attached hydrogens (tertiary/aromatic N) is 2. The highest BCUT2D eigenvalue weighted by molar-refractivity contribution is 5.97. The molecule has 0 atom stereocenters. The molecule has 1 N–H and O–H groups in total. The van der Waals surface area contributed by atoms with Gasteiger partial charge in [0, 0.05) is 18.2 Å². The van der Waals surface area contributed by atoms with Crippen molar-refractivity contribution in [2.45, 2.75) is 25.8 Å². The third-order valence-corrected chi connectivity index (χ3v) is 5.50. The number of hydrogen-bond donors (Lipinski definition) is 1. The Balaban J connectivity index is 1.24. The monoisotopic (exact) mass is 367 g/mol. The van der Waals surface area contributed by atoms with Gasteiger partial charge >= 0.3 is 0 Å². The lowest BCUT2D eigenvalue weighted by Crippen LogP contribution is -2.45. The van der Waals surface area contributed by atoms with Gasteiger partial charge in [0.05, 0.1) is 19.4 Å². The zero-order valence-corrected chi connectivity index (χ0v) is 15.4. The topological polar surface area (TPSA) is 65.8 Å². The van der Waals surface area contributed by atoms with Crippen LogP contribution in [0.4, 0.5) is 5.69 Å². The highest BCUT2D eigenvalue weighted by Gasteiger charge is 2.32. The van der Waals surface area contributed by atoms with Crippen molar-refractivity contribution in [1.82, 2.24) is 10.2 Å². The number of hydrogen-bond acceptors (Lipinski definition) is 4. The minimum Gasteiger partial charge on any atom is -0.467 e. The van der Waals surface area contributed by atoms with Gasteiger partial charge in [0.2, 0.25) is 11.8 Å². The van der Waals surface area contributed by atoms with Gasteiger partial charge in [0.15, 0.2) is 0 Å². The maximum absolute atomic E-state index is 12.9. The first-order valence-electron chi connectivity index (χ1n) is 9.61. The van der Waals surface area contributed by atoms with Crippen molar-refractivity contribution in [1.29, 1.82) is 0 Å². The Kier molecular flexibility index (Phi) is 5.25. The van der Waals surface area contributed by atoms with Crippen LogP contribution in [-0.4, -0.2) is 42.9 Å². The highest BCUT2D eigenvalue weighted by Crippen LogP contribution is 2.30. The number of rotatable bonds is 5. The van der Waals surface area contributed by atoms with E-state index in [1.165, 1.54) is 5.56 Å². The van der Waals surface area contributed by atoms with Gasteiger partial charge in [-0.3, -0.25) is 14.5 Å². The van der Waals surface area contributed by atoms with Crippen LogP contribution in [0.5, 0.6) is 0 Å². The molecule has 1 saturated heterocycles. The van der Waals surface area contributed by atoms with Crippen molar-refractivity contribution in [3.8, 4) is 0 Å². The Hall–Kier alpha value is -2.60. The standard InChI is InChI=1S/C21H25N3O3/c25-20(22-14-18-5-3-13-27-18)15-23-10-7-17(8-11-23)21(26)24-12-9-16-4-1-2-6-19(16)24/h1-6,13,17H,7-12,14-15H2,(H,22,25). The van der Waals surface area contributed by atoms with Crippen LogP contribution < -0.4 is 10.2 Å². The van der Waals surface area contributed by atoms with Crippen molar-refractivity contribution >= 4 is 17.5 Å². The summed E-state index contributed by atoms with van der Waals surface area (Å²) in [6, 6.07) is 11.8. The first-order valence-corrected chi connectivity index (χ1v) is 9.61. The lowest BCUT2D eigenvalue weighted by molar-refractivity contribution is -0.124. The highest BCUT2D eigenvalue weighted by atomic mass is 16.3. The van der Waals surface area contributed by atoms with E-state index < -0.39 is 0 Å². The molecule has 6 nitrogen and oxygen atoms in total. The summed E-state index contributed by atoms with van der Waals surface area (Å²) in [5.41, 5.74) is 2.33. The molecule has 2 amide bonds. The van der Waals surface area contributed by atoms with Gasteiger partial charge in [-0.25, -0.2) is 0 Å². The van der Waals surface area contributed by atoms with E-state index in [1.807, 2.05) is 35.2 Å². The normalized spacial score (nSPS) is 17.7. The quantitative estimate of drug-likeness (QED) is 0.880. The summed E-state index contributed by atoms with van der Waals surface area (Å²) in [5, 5.41) is 2.87. The largest absolute Gasteiger partial charge is 0.467 e. The molecule has 1 fully saturated rings. The maximum atomic E-state index is 12.9. The van der Waals surface area contributed by atoms with E-state index in [2.05, 4.69) is 16.3 Å². The predicted molar refractivity (Wildman–Crippen MR) is 102 cm³/mol. The summed E-state index contributed by atoms with van der Waals surface area (Å²) in [5.74, 6) is 1.03.